The van der Waals surface area contributed by atoms with Gasteiger partial charge in [-0.25, -0.2) is 4.79 Å². The maximum atomic E-state index is 11.8. The van der Waals surface area contributed by atoms with E-state index >= 15 is 0 Å². The van der Waals surface area contributed by atoms with Gasteiger partial charge in [0, 0.05) is 11.0 Å². The van der Waals surface area contributed by atoms with E-state index in [1.54, 1.807) is 24.1 Å². The Morgan fingerprint density at radius 1 is 0.920 bits per heavy atom. The topological polar surface area (TPSA) is 39.4 Å². The van der Waals surface area contributed by atoms with Gasteiger partial charge in [-0.1, -0.05) is 78.1 Å². The lowest BCUT2D eigenvalue weighted by molar-refractivity contribution is 0.0463. The van der Waals surface area contributed by atoms with E-state index in [0.29, 0.717) is 12.4 Å². The Bertz CT molecular complexity index is 442. The molecule has 1 heterocycles. The van der Waals surface area contributed by atoms with Crippen molar-refractivity contribution in [2.75, 3.05) is 12.4 Å². The van der Waals surface area contributed by atoms with Crippen molar-refractivity contribution < 1.29 is 13.9 Å². The van der Waals surface area contributed by atoms with Crippen LogP contribution in [-0.4, -0.2) is 18.3 Å². The van der Waals surface area contributed by atoms with Crippen molar-refractivity contribution in [1.82, 2.24) is 0 Å². The molecule has 4 heteroatoms. The molecule has 0 aromatic carbocycles. The molecule has 3 nitrogen and oxygen atoms in total. The normalized spacial score (nSPS) is 11.0. The molecule has 0 atom stereocenters. The Labute approximate surface area is 158 Å². The maximum Gasteiger partial charge on any atom is 0.374 e. The largest absolute Gasteiger partial charge is 0.460 e. The van der Waals surface area contributed by atoms with Crippen LogP contribution in [0.15, 0.2) is 21.6 Å². The highest BCUT2D eigenvalue weighted by atomic mass is 32.2. The SMILES string of the molecule is CCCCCCCCCCCCSc1coc(C(=O)OCCCC)c1. The molecule has 144 valence electrons. The smallest absolute Gasteiger partial charge is 0.374 e. The van der Waals surface area contributed by atoms with E-state index in [0.717, 1.165) is 23.5 Å². The van der Waals surface area contributed by atoms with Gasteiger partial charge in [-0.2, -0.15) is 0 Å². The van der Waals surface area contributed by atoms with Gasteiger partial charge in [0.1, 0.15) is 6.26 Å². The average molecular weight is 369 g/mol. The lowest BCUT2D eigenvalue weighted by Gasteiger charge is -2.02. The zero-order valence-corrected chi connectivity index (χ0v) is 17.0. The van der Waals surface area contributed by atoms with Crippen LogP contribution in [0, 0.1) is 0 Å². The van der Waals surface area contributed by atoms with Gasteiger partial charge in [0.2, 0.25) is 5.76 Å². The fourth-order valence-electron chi connectivity index (χ4n) is 2.66. The molecule has 0 bridgehead atoms. The van der Waals surface area contributed by atoms with Crippen molar-refractivity contribution in [3.63, 3.8) is 0 Å². The molecule has 0 spiro atoms. The predicted molar refractivity (Wildman–Crippen MR) is 106 cm³/mol. The van der Waals surface area contributed by atoms with E-state index in [1.165, 1.54) is 64.2 Å². The molecule has 0 fully saturated rings. The number of furan rings is 1. The Hall–Kier alpha value is -0.900. The summed E-state index contributed by atoms with van der Waals surface area (Å²) in [5, 5.41) is 0. The molecule has 25 heavy (non-hydrogen) atoms. The van der Waals surface area contributed by atoms with Crippen molar-refractivity contribution in [3.05, 3.63) is 18.1 Å². The first-order chi connectivity index (χ1) is 12.3. The van der Waals surface area contributed by atoms with Gasteiger partial charge in [0.25, 0.3) is 0 Å². The van der Waals surface area contributed by atoms with E-state index in [9.17, 15) is 4.79 Å². The third-order valence-corrected chi connectivity index (χ3v) is 5.31. The summed E-state index contributed by atoms with van der Waals surface area (Å²) in [4.78, 5) is 12.8. The molecule has 0 radical (unpaired) electrons. The first-order valence-corrected chi connectivity index (χ1v) is 11.1. The van der Waals surface area contributed by atoms with Crippen LogP contribution in [0.1, 0.15) is 101 Å². The van der Waals surface area contributed by atoms with Crippen LogP contribution in [-0.2, 0) is 4.74 Å². The van der Waals surface area contributed by atoms with Gasteiger partial charge in [-0.15, -0.1) is 11.8 Å². The predicted octanol–water partition coefficient (Wildman–Crippen LogP) is 7.25. The Kier molecular flexibility index (Phi) is 13.6. The lowest BCUT2D eigenvalue weighted by Crippen LogP contribution is -2.04. The van der Waals surface area contributed by atoms with Crippen LogP contribution < -0.4 is 0 Å². The summed E-state index contributed by atoms with van der Waals surface area (Å²) < 4.78 is 10.5. The molecule has 0 unspecified atom stereocenters. The molecule has 0 aliphatic heterocycles. The van der Waals surface area contributed by atoms with Crippen LogP contribution in [0.5, 0.6) is 0 Å². The summed E-state index contributed by atoms with van der Waals surface area (Å²) in [6.07, 6.45) is 17.1. The third kappa shape index (κ3) is 11.4. The van der Waals surface area contributed by atoms with Gasteiger partial charge in [0.05, 0.1) is 6.61 Å². The molecule has 1 aromatic rings. The van der Waals surface area contributed by atoms with Crippen LogP contribution in [0.2, 0.25) is 0 Å². The first kappa shape index (κ1) is 22.1. The van der Waals surface area contributed by atoms with E-state index in [1.807, 2.05) is 0 Å². The highest BCUT2D eigenvalue weighted by Crippen LogP contribution is 2.23. The fraction of sp³-hybridized carbons (Fsp3) is 0.762. The summed E-state index contributed by atoms with van der Waals surface area (Å²) in [7, 11) is 0. The highest BCUT2D eigenvalue weighted by Gasteiger charge is 2.12. The molecule has 1 rings (SSSR count). The molecule has 0 amide bonds. The minimum Gasteiger partial charge on any atom is -0.460 e. The van der Waals surface area contributed by atoms with Crippen molar-refractivity contribution in [2.45, 2.75) is 95.8 Å². The molecule has 1 aromatic heterocycles. The van der Waals surface area contributed by atoms with Gasteiger partial charge in [-0.3, -0.25) is 0 Å². The number of esters is 1. The maximum absolute atomic E-state index is 11.8. The second kappa shape index (κ2) is 15.4. The Morgan fingerprint density at radius 2 is 1.52 bits per heavy atom. The number of carbonyl (C=O) groups is 1. The molecular formula is C21H36O3S. The molecule has 0 saturated carbocycles. The van der Waals surface area contributed by atoms with Crippen molar-refractivity contribution >= 4 is 17.7 Å². The molecule has 0 N–H and O–H groups in total. The van der Waals surface area contributed by atoms with Gasteiger partial charge in [-0.05, 0) is 18.6 Å². The zero-order chi connectivity index (χ0) is 18.2. The van der Waals surface area contributed by atoms with Gasteiger partial charge < -0.3 is 9.15 Å². The number of unbranched alkanes of at least 4 members (excludes halogenated alkanes) is 10. The number of rotatable bonds is 16. The van der Waals surface area contributed by atoms with Crippen LogP contribution >= 0.6 is 11.8 Å². The first-order valence-electron chi connectivity index (χ1n) is 10.2. The lowest BCUT2D eigenvalue weighted by atomic mass is 10.1. The average Bonchev–Trinajstić information content (AvgIpc) is 3.09. The van der Waals surface area contributed by atoms with Crippen LogP contribution in [0.4, 0.5) is 0 Å². The number of hydrogen-bond donors (Lipinski definition) is 0. The Morgan fingerprint density at radius 3 is 2.16 bits per heavy atom. The molecule has 0 aliphatic rings. The third-order valence-electron chi connectivity index (χ3n) is 4.27. The minimum absolute atomic E-state index is 0.321. The molecule has 0 aliphatic carbocycles. The number of hydrogen-bond acceptors (Lipinski definition) is 4. The number of ether oxygens (including phenoxy) is 1. The second-order valence-electron chi connectivity index (χ2n) is 6.67. The summed E-state index contributed by atoms with van der Waals surface area (Å²) in [6.45, 7) is 4.81. The standard InChI is InChI=1S/C21H36O3S/c1-3-5-7-8-9-10-11-12-13-14-16-25-19-17-20(24-18-19)21(22)23-15-6-4-2/h17-18H,3-16H2,1-2H3. The summed E-state index contributed by atoms with van der Waals surface area (Å²) >= 11 is 1.76. The van der Waals surface area contributed by atoms with Crippen molar-refractivity contribution in [2.24, 2.45) is 0 Å². The number of carbonyl (C=O) groups excluding carboxylic acids is 1. The highest BCUT2D eigenvalue weighted by molar-refractivity contribution is 7.99. The van der Waals surface area contributed by atoms with Gasteiger partial charge >= 0.3 is 5.97 Å². The molecule has 0 saturated heterocycles. The quantitative estimate of drug-likeness (QED) is 0.175. The van der Waals surface area contributed by atoms with Crippen molar-refractivity contribution in [1.29, 1.82) is 0 Å². The van der Waals surface area contributed by atoms with Crippen molar-refractivity contribution in [3.8, 4) is 0 Å². The van der Waals surface area contributed by atoms with E-state index in [-0.39, 0.29) is 5.97 Å². The van der Waals surface area contributed by atoms with Crippen LogP contribution in [0.3, 0.4) is 0 Å². The zero-order valence-electron chi connectivity index (χ0n) is 16.2. The van der Waals surface area contributed by atoms with E-state index < -0.39 is 0 Å². The summed E-state index contributed by atoms with van der Waals surface area (Å²) in [5.41, 5.74) is 0. The second-order valence-corrected chi connectivity index (χ2v) is 7.83. The minimum atomic E-state index is -0.348. The Balaban J connectivity index is 1.99. The molecular weight excluding hydrogens is 332 g/mol. The summed E-state index contributed by atoms with van der Waals surface area (Å²) in [5.74, 6) is 1.06. The van der Waals surface area contributed by atoms with Gasteiger partial charge in [0.15, 0.2) is 0 Å². The van der Waals surface area contributed by atoms with E-state index in [2.05, 4.69) is 13.8 Å². The van der Waals surface area contributed by atoms with Crippen LogP contribution in [0.25, 0.3) is 0 Å². The fourth-order valence-corrected chi connectivity index (χ4v) is 3.55. The summed E-state index contributed by atoms with van der Waals surface area (Å²) in [6, 6.07) is 1.80. The van der Waals surface area contributed by atoms with E-state index in [4.69, 9.17) is 9.15 Å². The number of thioether (sulfide) groups is 1. The monoisotopic (exact) mass is 368 g/mol.